The van der Waals surface area contributed by atoms with Crippen molar-refractivity contribution in [2.24, 2.45) is 5.73 Å². The highest BCUT2D eigenvalue weighted by molar-refractivity contribution is 5.96. The maximum atomic E-state index is 13.5. The van der Waals surface area contributed by atoms with E-state index >= 15 is 0 Å². The molecule has 3 aromatic heterocycles. The van der Waals surface area contributed by atoms with Crippen molar-refractivity contribution < 1.29 is 9.18 Å². The molecular weight excluding hydrogens is 319 g/mol. The lowest BCUT2D eigenvalue weighted by Crippen LogP contribution is -2.04. The number of fused-ring (bicyclic) bond motifs is 2. The first kappa shape index (κ1) is 15.0. The number of H-pyrrole nitrogens is 1. The van der Waals surface area contributed by atoms with E-state index in [9.17, 15) is 9.18 Å². The lowest BCUT2D eigenvalue weighted by Gasteiger charge is -2.04. The van der Waals surface area contributed by atoms with Gasteiger partial charge in [-0.15, -0.1) is 0 Å². The highest BCUT2D eigenvalue weighted by Gasteiger charge is 2.07. The van der Waals surface area contributed by atoms with E-state index in [1.54, 1.807) is 30.7 Å². The number of pyridine rings is 2. The third kappa shape index (κ3) is 2.85. The molecule has 0 unspecified atom stereocenters. The van der Waals surface area contributed by atoms with Crippen LogP contribution in [0.5, 0.6) is 0 Å². The summed E-state index contributed by atoms with van der Waals surface area (Å²) in [6.45, 7) is 0. The number of benzene rings is 1. The van der Waals surface area contributed by atoms with Gasteiger partial charge >= 0.3 is 0 Å². The first-order valence-electron chi connectivity index (χ1n) is 7.60. The van der Waals surface area contributed by atoms with Crippen LogP contribution in [0.25, 0.3) is 39.1 Å². The molecule has 3 N–H and O–H groups in total. The number of aromatic amines is 1. The molecule has 0 bridgehead atoms. The van der Waals surface area contributed by atoms with Crippen molar-refractivity contribution in [2.75, 3.05) is 0 Å². The highest BCUT2D eigenvalue weighted by atomic mass is 19.1. The lowest BCUT2D eigenvalue weighted by molar-refractivity contribution is -0.113. The van der Waals surface area contributed by atoms with Gasteiger partial charge in [-0.3, -0.25) is 9.78 Å². The first-order chi connectivity index (χ1) is 12.1. The number of amides is 1. The van der Waals surface area contributed by atoms with Gasteiger partial charge in [0.2, 0.25) is 5.91 Å². The highest BCUT2D eigenvalue weighted by Crippen LogP contribution is 2.27. The maximum absolute atomic E-state index is 13.5. The second-order valence-corrected chi connectivity index (χ2v) is 5.66. The Kier molecular flexibility index (Phi) is 3.50. The average Bonchev–Trinajstić information content (AvgIpc) is 3.01. The third-order valence-electron chi connectivity index (χ3n) is 3.97. The molecule has 0 aliphatic heterocycles. The zero-order chi connectivity index (χ0) is 17.4. The van der Waals surface area contributed by atoms with Crippen LogP contribution in [0, 0.1) is 5.82 Å². The van der Waals surface area contributed by atoms with E-state index in [-0.39, 0.29) is 5.82 Å². The molecule has 5 nitrogen and oxygen atoms in total. The van der Waals surface area contributed by atoms with Gasteiger partial charge < -0.3 is 10.7 Å². The minimum Gasteiger partial charge on any atom is -0.366 e. The van der Waals surface area contributed by atoms with E-state index in [0.29, 0.717) is 5.65 Å². The number of carbonyl (C=O) groups is 1. The van der Waals surface area contributed by atoms with Gasteiger partial charge in [0, 0.05) is 52.1 Å². The van der Waals surface area contributed by atoms with Gasteiger partial charge in [-0.1, -0.05) is 0 Å². The van der Waals surface area contributed by atoms with Crippen LogP contribution in [0.15, 0.2) is 55.0 Å². The minimum absolute atomic E-state index is 0.301. The monoisotopic (exact) mass is 332 g/mol. The number of primary amides is 1. The van der Waals surface area contributed by atoms with Gasteiger partial charge in [0.1, 0.15) is 11.5 Å². The molecule has 0 aliphatic rings. The van der Waals surface area contributed by atoms with Crippen LogP contribution in [0.4, 0.5) is 4.39 Å². The van der Waals surface area contributed by atoms with Crippen molar-refractivity contribution in [2.45, 2.75) is 0 Å². The quantitative estimate of drug-likeness (QED) is 0.564. The molecule has 0 radical (unpaired) electrons. The maximum Gasteiger partial charge on any atom is 0.241 e. The smallest absolute Gasteiger partial charge is 0.241 e. The fourth-order valence-corrected chi connectivity index (χ4v) is 2.75. The van der Waals surface area contributed by atoms with Crippen molar-refractivity contribution in [3.05, 3.63) is 66.4 Å². The standard InChI is InChI=1S/C19H13FN4O/c20-15-2-3-17-12(6-15)5-13(9-22-17)14-7-16-11(1-4-18(21)25)8-23-19(16)24-10-14/h1-10H,(H2,21,25)(H,23,24). The molecule has 122 valence electrons. The van der Waals surface area contributed by atoms with Gasteiger partial charge in [0.15, 0.2) is 0 Å². The fourth-order valence-electron chi connectivity index (χ4n) is 2.75. The molecule has 0 saturated heterocycles. The zero-order valence-corrected chi connectivity index (χ0v) is 13.0. The van der Waals surface area contributed by atoms with Crippen molar-refractivity contribution in [1.82, 2.24) is 15.0 Å². The summed E-state index contributed by atoms with van der Waals surface area (Å²) < 4.78 is 13.5. The van der Waals surface area contributed by atoms with E-state index in [1.807, 2.05) is 12.1 Å². The summed E-state index contributed by atoms with van der Waals surface area (Å²) in [6.07, 6.45) is 8.16. The van der Waals surface area contributed by atoms with E-state index in [1.165, 1.54) is 18.2 Å². The van der Waals surface area contributed by atoms with Crippen LogP contribution in [0.3, 0.4) is 0 Å². The van der Waals surface area contributed by atoms with Crippen LogP contribution in [-0.4, -0.2) is 20.9 Å². The van der Waals surface area contributed by atoms with E-state index in [4.69, 9.17) is 5.73 Å². The lowest BCUT2D eigenvalue weighted by atomic mass is 10.1. The Morgan fingerprint density at radius 1 is 1.12 bits per heavy atom. The van der Waals surface area contributed by atoms with Crippen LogP contribution < -0.4 is 5.73 Å². The fraction of sp³-hybridized carbons (Fsp3) is 0. The van der Waals surface area contributed by atoms with Gasteiger partial charge in [0.25, 0.3) is 0 Å². The largest absolute Gasteiger partial charge is 0.366 e. The van der Waals surface area contributed by atoms with Crippen molar-refractivity contribution in [3.8, 4) is 11.1 Å². The molecule has 3 heterocycles. The summed E-state index contributed by atoms with van der Waals surface area (Å²) in [7, 11) is 0. The molecule has 1 aromatic carbocycles. The van der Waals surface area contributed by atoms with Crippen molar-refractivity contribution in [1.29, 1.82) is 0 Å². The molecule has 1 amide bonds. The Morgan fingerprint density at radius 2 is 1.92 bits per heavy atom. The van der Waals surface area contributed by atoms with E-state index in [2.05, 4.69) is 15.0 Å². The molecule has 0 fully saturated rings. The summed E-state index contributed by atoms with van der Waals surface area (Å²) in [6, 6.07) is 8.31. The Hall–Kier alpha value is -3.54. The number of nitrogens with one attached hydrogen (secondary N) is 1. The van der Waals surface area contributed by atoms with Gasteiger partial charge in [-0.05, 0) is 36.4 Å². The van der Waals surface area contributed by atoms with E-state index in [0.717, 1.165) is 33.0 Å². The van der Waals surface area contributed by atoms with Gasteiger partial charge in [0.05, 0.1) is 5.52 Å². The predicted octanol–water partition coefficient (Wildman–Crippen LogP) is 3.42. The number of halogens is 1. The van der Waals surface area contributed by atoms with Gasteiger partial charge in [-0.2, -0.15) is 0 Å². The molecular formula is C19H13FN4O. The SMILES string of the molecule is NC(=O)C=Cc1c[nH]c2ncc(-c3cnc4ccc(F)cc4c3)cc12. The zero-order valence-electron chi connectivity index (χ0n) is 13.0. The Bertz CT molecular complexity index is 1150. The number of hydrogen-bond acceptors (Lipinski definition) is 3. The molecule has 4 rings (SSSR count). The second kappa shape index (κ2) is 5.83. The average molecular weight is 332 g/mol. The summed E-state index contributed by atoms with van der Waals surface area (Å²) >= 11 is 0. The third-order valence-corrected chi connectivity index (χ3v) is 3.97. The topological polar surface area (TPSA) is 84.7 Å². The number of nitrogens with zero attached hydrogens (tertiary/aromatic N) is 2. The Morgan fingerprint density at radius 3 is 2.76 bits per heavy atom. The molecule has 0 saturated carbocycles. The molecule has 6 heteroatoms. The Balaban J connectivity index is 1.83. The van der Waals surface area contributed by atoms with Crippen molar-refractivity contribution >= 4 is 33.9 Å². The van der Waals surface area contributed by atoms with Crippen molar-refractivity contribution in [3.63, 3.8) is 0 Å². The first-order valence-corrected chi connectivity index (χ1v) is 7.60. The number of rotatable bonds is 3. The number of carbonyl (C=O) groups excluding carboxylic acids is 1. The molecule has 0 spiro atoms. The predicted molar refractivity (Wildman–Crippen MR) is 95.0 cm³/mol. The molecule has 0 atom stereocenters. The number of nitrogens with two attached hydrogens (primary N) is 1. The molecule has 0 aliphatic carbocycles. The van der Waals surface area contributed by atoms with E-state index < -0.39 is 5.91 Å². The summed E-state index contributed by atoms with van der Waals surface area (Å²) in [4.78, 5) is 22.8. The Labute approximate surface area is 142 Å². The summed E-state index contributed by atoms with van der Waals surface area (Å²) in [5.74, 6) is -0.816. The van der Waals surface area contributed by atoms with Gasteiger partial charge in [-0.25, -0.2) is 9.37 Å². The normalized spacial score (nSPS) is 11.6. The number of hydrogen-bond donors (Lipinski definition) is 2. The van der Waals surface area contributed by atoms with Crippen LogP contribution in [0.2, 0.25) is 0 Å². The summed E-state index contributed by atoms with van der Waals surface area (Å²) in [5, 5.41) is 1.58. The number of aromatic nitrogens is 3. The molecule has 25 heavy (non-hydrogen) atoms. The second-order valence-electron chi connectivity index (χ2n) is 5.66. The summed E-state index contributed by atoms with van der Waals surface area (Å²) in [5.41, 5.74) is 9.06. The minimum atomic E-state index is -0.515. The van der Waals surface area contributed by atoms with Crippen LogP contribution in [-0.2, 0) is 4.79 Å². The van der Waals surface area contributed by atoms with Crippen LogP contribution >= 0.6 is 0 Å². The molecule has 4 aromatic rings. The van der Waals surface area contributed by atoms with Crippen LogP contribution in [0.1, 0.15) is 5.56 Å².